The Kier molecular flexibility index (Phi) is 80.2. The maximum atomic E-state index is 13.2. The average Bonchev–Trinajstić information content (AvgIpc) is 0.900. The standard InChI is InChI=1S/C89H174O17P2/c1-6-9-12-15-18-21-24-27-30-33-34-35-36-37-40-43-46-49-54-60-65-70-75-88(93)105-84(78-99-86(91)72-67-62-57-52-47-44-41-38-31-28-25-22-19-16-13-10-7-2)80-103-107(95,96)101-76-83(90)77-102-108(97,98)104-81-85(79-100-87(92)73-68-63-58-55-50-51-56-61-66-71-82(4)5)106-89(94)74-69-64-59-53-48-45-42-39-32-29-26-23-20-17-14-11-8-3/h82-85,90H,6-81H2,1-5H3,(H,95,96)(H,97,98)/t83-,84-,85-/m1/s1. The summed E-state index contributed by atoms with van der Waals surface area (Å²) in [6.07, 6.45) is 76.5. The second kappa shape index (κ2) is 81.6. The van der Waals surface area contributed by atoms with E-state index in [1.165, 1.54) is 308 Å². The highest BCUT2D eigenvalue weighted by molar-refractivity contribution is 7.47. The molecular formula is C89H174O17P2. The molecule has 0 amide bonds. The van der Waals surface area contributed by atoms with E-state index in [1.54, 1.807) is 0 Å². The minimum atomic E-state index is -4.97. The number of phosphoric ester groups is 2. The highest BCUT2D eigenvalue weighted by Crippen LogP contribution is 2.45. The molecule has 0 aromatic heterocycles. The van der Waals surface area contributed by atoms with Crippen LogP contribution in [0.2, 0.25) is 0 Å². The van der Waals surface area contributed by atoms with Gasteiger partial charge in [0.05, 0.1) is 26.4 Å². The van der Waals surface area contributed by atoms with Gasteiger partial charge in [-0.15, -0.1) is 0 Å². The third-order valence-corrected chi connectivity index (χ3v) is 22.9. The lowest BCUT2D eigenvalue weighted by atomic mass is 10.0. The molecule has 0 heterocycles. The number of rotatable bonds is 89. The number of hydrogen-bond acceptors (Lipinski definition) is 15. The molecule has 0 radical (unpaired) electrons. The zero-order chi connectivity index (χ0) is 79.0. The van der Waals surface area contributed by atoms with Gasteiger partial charge in [0.1, 0.15) is 19.3 Å². The summed E-state index contributed by atoms with van der Waals surface area (Å²) >= 11 is 0. The molecule has 5 atom stereocenters. The fourth-order valence-electron chi connectivity index (χ4n) is 14.0. The fourth-order valence-corrected chi connectivity index (χ4v) is 15.6. The molecule has 0 spiro atoms. The van der Waals surface area contributed by atoms with Gasteiger partial charge in [0.2, 0.25) is 0 Å². The van der Waals surface area contributed by atoms with E-state index in [-0.39, 0.29) is 25.7 Å². The lowest BCUT2D eigenvalue weighted by molar-refractivity contribution is -0.161. The van der Waals surface area contributed by atoms with Crippen LogP contribution in [0.1, 0.15) is 484 Å². The lowest BCUT2D eigenvalue weighted by Crippen LogP contribution is -2.30. The van der Waals surface area contributed by atoms with Crippen molar-refractivity contribution >= 4 is 39.5 Å². The highest BCUT2D eigenvalue weighted by atomic mass is 31.2. The van der Waals surface area contributed by atoms with Gasteiger partial charge in [-0.3, -0.25) is 37.3 Å². The first-order valence-corrected chi connectivity index (χ1v) is 49.1. The Morgan fingerprint density at radius 2 is 0.426 bits per heavy atom. The summed E-state index contributed by atoms with van der Waals surface area (Å²) < 4.78 is 69.0. The van der Waals surface area contributed by atoms with E-state index in [1.807, 2.05) is 0 Å². The van der Waals surface area contributed by atoms with Crippen LogP contribution in [0.4, 0.5) is 0 Å². The number of carbonyl (C=O) groups is 4. The summed E-state index contributed by atoms with van der Waals surface area (Å²) in [4.78, 5) is 73.4. The number of hydrogen-bond donors (Lipinski definition) is 3. The van der Waals surface area contributed by atoms with Gasteiger partial charge in [-0.2, -0.15) is 0 Å². The second-order valence-electron chi connectivity index (χ2n) is 32.5. The van der Waals surface area contributed by atoms with Gasteiger partial charge in [0, 0.05) is 25.7 Å². The molecule has 108 heavy (non-hydrogen) atoms. The smallest absolute Gasteiger partial charge is 0.462 e. The number of aliphatic hydroxyl groups excluding tert-OH is 1. The van der Waals surface area contributed by atoms with E-state index < -0.39 is 97.5 Å². The third-order valence-electron chi connectivity index (χ3n) is 21.0. The van der Waals surface area contributed by atoms with Crippen LogP contribution < -0.4 is 0 Å². The van der Waals surface area contributed by atoms with Gasteiger partial charge in [-0.25, -0.2) is 9.13 Å². The van der Waals surface area contributed by atoms with E-state index in [0.717, 1.165) is 95.8 Å². The highest BCUT2D eigenvalue weighted by Gasteiger charge is 2.30. The molecule has 0 saturated heterocycles. The van der Waals surface area contributed by atoms with Crippen molar-refractivity contribution in [1.82, 2.24) is 0 Å². The van der Waals surface area contributed by atoms with Gasteiger partial charge >= 0.3 is 39.5 Å². The third kappa shape index (κ3) is 82.1. The Bertz CT molecular complexity index is 2050. The van der Waals surface area contributed by atoms with E-state index in [2.05, 4.69) is 34.6 Å². The van der Waals surface area contributed by atoms with Gasteiger partial charge in [0.25, 0.3) is 0 Å². The Hall–Kier alpha value is -1.94. The maximum absolute atomic E-state index is 13.2. The summed E-state index contributed by atoms with van der Waals surface area (Å²) in [5.74, 6) is -1.35. The molecule has 0 aromatic rings. The zero-order valence-corrected chi connectivity index (χ0v) is 72.8. The Balaban J connectivity index is 5.24. The van der Waals surface area contributed by atoms with Gasteiger partial charge in [-0.1, -0.05) is 433 Å². The number of esters is 4. The molecule has 0 aliphatic carbocycles. The van der Waals surface area contributed by atoms with Crippen molar-refractivity contribution in [2.45, 2.75) is 502 Å². The molecule has 19 heteroatoms. The Morgan fingerprint density at radius 3 is 0.630 bits per heavy atom. The molecule has 2 unspecified atom stereocenters. The number of aliphatic hydroxyl groups is 1. The number of phosphoric acid groups is 2. The summed E-state index contributed by atoms with van der Waals surface area (Å²) in [6, 6.07) is 0. The van der Waals surface area contributed by atoms with E-state index in [0.29, 0.717) is 25.7 Å². The van der Waals surface area contributed by atoms with Crippen molar-refractivity contribution in [3.63, 3.8) is 0 Å². The summed E-state index contributed by atoms with van der Waals surface area (Å²) in [5.41, 5.74) is 0. The van der Waals surface area contributed by atoms with Crippen LogP contribution in [0.15, 0.2) is 0 Å². The van der Waals surface area contributed by atoms with Crippen molar-refractivity contribution in [1.29, 1.82) is 0 Å². The van der Waals surface area contributed by atoms with Crippen LogP contribution in [0.5, 0.6) is 0 Å². The predicted molar refractivity (Wildman–Crippen MR) is 446 cm³/mol. The second-order valence-corrected chi connectivity index (χ2v) is 35.4. The molecule has 0 bridgehead atoms. The molecule has 642 valence electrons. The Morgan fingerprint density at radius 1 is 0.250 bits per heavy atom. The van der Waals surface area contributed by atoms with Crippen LogP contribution in [0.25, 0.3) is 0 Å². The average molecular weight is 1580 g/mol. The van der Waals surface area contributed by atoms with Crippen LogP contribution in [0, 0.1) is 5.92 Å². The molecule has 0 aliphatic heterocycles. The molecule has 0 fully saturated rings. The fraction of sp³-hybridized carbons (Fsp3) is 0.955. The van der Waals surface area contributed by atoms with E-state index in [9.17, 15) is 43.2 Å². The van der Waals surface area contributed by atoms with Crippen LogP contribution in [0.3, 0.4) is 0 Å². The van der Waals surface area contributed by atoms with Crippen molar-refractivity contribution in [2.75, 3.05) is 39.6 Å². The molecular weight excluding hydrogens is 1400 g/mol. The number of carbonyl (C=O) groups excluding carboxylic acids is 4. The minimum Gasteiger partial charge on any atom is -0.462 e. The topological polar surface area (TPSA) is 237 Å². The van der Waals surface area contributed by atoms with Gasteiger partial charge in [0.15, 0.2) is 12.2 Å². The van der Waals surface area contributed by atoms with Gasteiger partial charge < -0.3 is 33.8 Å². The first-order valence-electron chi connectivity index (χ1n) is 46.1. The maximum Gasteiger partial charge on any atom is 0.472 e. The van der Waals surface area contributed by atoms with Crippen LogP contribution in [-0.2, 0) is 65.4 Å². The summed E-state index contributed by atoms with van der Waals surface area (Å²) in [5, 5.41) is 10.7. The van der Waals surface area contributed by atoms with Crippen molar-refractivity contribution in [2.24, 2.45) is 5.92 Å². The zero-order valence-electron chi connectivity index (χ0n) is 71.0. The largest absolute Gasteiger partial charge is 0.472 e. The summed E-state index contributed by atoms with van der Waals surface area (Å²) in [7, 11) is -9.93. The SMILES string of the molecule is CCCCCCCCCCCCCCCCCCCCCCCCC(=O)O[C@H](COC(=O)CCCCCCCCCCCCCCCCCCC)COP(=O)(O)OC[C@@H](O)COP(=O)(O)OC[C@@H](COC(=O)CCCCCCCCCCCC(C)C)OC(=O)CCCCCCCCCCCCCCCCCCC. The molecule has 0 saturated carbocycles. The molecule has 0 aromatic carbocycles. The number of unbranched alkanes of at least 4 members (excludes halogenated alkanes) is 61. The first kappa shape index (κ1) is 106. The molecule has 0 aliphatic rings. The summed E-state index contributed by atoms with van der Waals surface area (Å²) in [6.45, 7) is 7.37. The van der Waals surface area contributed by atoms with Crippen molar-refractivity contribution < 1.29 is 80.2 Å². The minimum absolute atomic E-state index is 0.109. The van der Waals surface area contributed by atoms with Crippen LogP contribution >= 0.6 is 15.6 Å². The molecule has 17 nitrogen and oxygen atoms in total. The quantitative estimate of drug-likeness (QED) is 0.0222. The first-order chi connectivity index (χ1) is 52.5. The Labute approximate surface area is 664 Å². The monoisotopic (exact) mass is 1580 g/mol. The normalized spacial score (nSPS) is 13.7. The lowest BCUT2D eigenvalue weighted by Gasteiger charge is -2.21. The van der Waals surface area contributed by atoms with Crippen LogP contribution in [-0.4, -0.2) is 96.7 Å². The van der Waals surface area contributed by atoms with Crippen molar-refractivity contribution in [3.8, 4) is 0 Å². The predicted octanol–water partition coefficient (Wildman–Crippen LogP) is 27.5. The van der Waals surface area contributed by atoms with E-state index >= 15 is 0 Å². The van der Waals surface area contributed by atoms with E-state index in [4.69, 9.17) is 37.0 Å². The molecule has 0 rings (SSSR count). The van der Waals surface area contributed by atoms with Gasteiger partial charge in [-0.05, 0) is 31.6 Å². The van der Waals surface area contributed by atoms with Crippen molar-refractivity contribution in [3.05, 3.63) is 0 Å². The number of ether oxygens (including phenoxy) is 4. The molecule has 3 N–H and O–H groups in total.